The number of hydrogen-bond acceptors (Lipinski definition) is 1. The summed E-state index contributed by atoms with van der Waals surface area (Å²) in [6.45, 7) is 0. The summed E-state index contributed by atoms with van der Waals surface area (Å²) >= 11 is 0. The topological polar surface area (TPSA) is 17.8 Å². The molecule has 1 aliphatic rings. The molecule has 0 bridgehead atoms. The van der Waals surface area contributed by atoms with Crippen molar-refractivity contribution >= 4 is 32.3 Å². The molecule has 0 unspecified atom stereocenters. The SMILES string of the molecule is c1ccc(C2(c3ccccc3)c3cc(-c4cc5ccc6cccc7ccc(c4)c5c67)ccc3-c3ccc(-n4ccnc4)cc32)cc1. The smallest absolute Gasteiger partial charge is 0.0991 e. The van der Waals surface area contributed by atoms with E-state index in [-0.39, 0.29) is 0 Å². The molecule has 46 heavy (non-hydrogen) atoms. The Morgan fingerprint density at radius 1 is 0.457 bits per heavy atom. The van der Waals surface area contributed by atoms with Crippen molar-refractivity contribution in [2.75, 3.05) is 0 Å². The van der Waals surface area contributed by atoms with Gasteiger partial charge < -0.3 is 4.57 Å². The summed E-state index contributed by atoms with van der Waals surface area (Å²) in [6.07, 6.45) is 5.73. The molecule has 0 saturated carbocycles. The highest BCUT2D eigenvalue weighted by Crippen LogP contribution is 2.57. The molecule has 0 saturated heterocycles. The Kier molecular flexibility index (Phi) is 5.24. The lowest BCUT2D eigenvalue weighted by molar-refractivity contribution is 0.767. The molecule has 0 aliphatic heterocycles. The lowest BCUT2D eigenvalue weighted by Crippen LogP contribution is -2.28. The molecule has 0 atom stereocenters. The molecular weight excluding hydrogens is 556 g/mol. The van der Waals surface area contributed by atoms with Gasteiger partial charge in [0.15, 0.2) is 0 Å². The van der Waals surface area contributed by atoms with Gasteiger partial charge >= 0.3 is 0 Å². The van der Waals surface area contributed by atoms with Crippen LogP contribution in [-0.4, -0.2) is 9.55 Å². The second kappa shape index (κ2) is 9.50. The van der Waals surface area contributed by atoms with E-state index >= 15 is 0 Å². The highest BCUT2D eigenvalue weighted by molar-refractivity contribution is 6.23. The molecule has 0 spiro atoms. The average Bonchev–Trinajstić information content (AvgIpc) is 3.76. The third-order valence-electron chi connectivity index (χ3n) is 10.1. The van der Waals surface area contributed by atoms with Crippen LogP contribution in [0.25, 0.3) is 60.3 Å². The van der Waals surface area contributed by atoms with E-state index < -0.39 is 5.41 Å². The van der Waals surface area contributed by atoms with Gasteiger partial charge in [-0.1, -0.05) is 121 Å². The molecule has 1 aromatic heterocycles. The molecule has 0 amide bonds. The molecule has 2 nitrogen and oxygen atoms in total. The van der Waals surface area contributed by atoms with Crippen molar-refractivity contribution in [3.63, 3.8) is 0 Å². The highest BCUT2D eigenvalue weighted by Gasteiger charge is 2.46. The molecule has 1 heterocycles. The molecule has 8 aromatic carbocycles. The summed E-state index contributed by atoms with van der Waals surface area (Å²) in [4.78, 5) is 4.34. The highest BCUT2D eigenvalue weighted by atomic mass is 15.0. The van der Waals surface area contributed by atoms with Crippen molar-refractivity contribution in [3.05, 3.63) is 193 Å². The van der Waals surface area contributed by atoms with Gasteiger partial charge in [-0.3, -0.25) is 0 Å². The van der Waals surface area contributed by atoms with Crippen LogP contribution in [0.4, 0.5) is 0 Å². The van der Waals surface area contributed by atoms with E-state index in [1.165, 1.54) is 76.8 Å². The fourth-order valence-electron chi connectivity index (χ4n) is 8.15. The van der Waals surface area contributed by atoms with Crippen LogP contribution in [0.1, 0.15) is 22.3 Å². The maximum atomic E-state index is 4.34. The normalized spacial score (nSPS) is 13.4. The monoisotopic (exact) mass is 584 g/mol. The van der Waals surface area contributed by atoms with Crippen LogP contribution >= 0.6 is 0 Å². The lowest BCUT2D eigenvalue weighted by atomic mass is 9.67. The summed E-state index contributed by atoms with van der Waals surface area (Å²) in [5, 5.41) is 7.86. The fraction of sp³-hybridized carbons (Fsp3) is 0.0227. The number of nitrogens with zero attached hydrogens (tertiary/aromatic N) is 2. The van der Waals surface area contributed by atoms with Crippen LogP contribution in [0, 0.1) is 0 Å². The van der Waals surface area contributed by atoms with E-state index in [0.29, 0.717) is 0 Å². The zero-order valence-corrected chi connectivity index (χ0v) is 25.1. The van der Waals surface area contributed by atoms with Crippen LogP contribution in [0.3, 0.4) is 0 Å². The Labute approximate surface area is 267 Å². The van der Waals surface area contributed by atoms with E-state index in [9.17, 15) is 0 Å². The number of fused-ring (bicyclic) bond motifs is 3. The van der Waals surface area contributed by atoms with Gasteiger partial charge in [-0.2, -0.15) is 0 Å². The Morgan fingerprint density at radius 2 is 1.04 bits per heavy atom. The first kappa shape index (κ1) is 25.3. The van der Waals surface area contributed by atoms with Gasteiger partial charge in [-0.05, 0) is 107 Å². The molecule has 1 aliphatic carbocycles. The average molecular weight is 585 g/mol. The Balaban J connectivity index is 1.26. The van der Waals surface area contributed by atoms with Crippen LogP contribution in [0.2, 0.25) is 0 Å². The Bertz CT molecular complexity index is 2460. The van der Waals surface area contributed by atoms with Gasteiger partial charge in [-0.25, -0.2) is 4.98 Å². The van der Waals surface area contributed by atoms with Gasteiger partial charge in [0, 0.05) is 18.1 Å². The van der Waals surface area contributed by atoms with Crippen molar-refractivity contribution in [1.29, 1.82) is 0 Å². The van der Waals surface area contributed by atoms with Crippen LogP contribution < -0.4 is 0 Å². The van der Waals surface area contributed by atoms with Gasteiger partial charge in [-0.15, -0.1) is 0 Å². The second-order valence-corrected chi connectivity index (χ2v) is 12.5. The van der Waals surface area contributed by atoms with Crippen molar-refractivity contribution in [2.24, 2.45) is 0 Å². The van der Waals surface area contributed by atoms with E-state index in [1.807, 2.05) is 18.7 Å². The third kappa shape index (κ3) is 3.44. The molecule has 0 fully saturated rings. The summed E-state index contributed by atoms with van der Waals surface area (Å²) in [5.74, 6) is 0. The first-order valence-corrected chi connectivity index (χ1v) is 15.9. The minimum absolute atomic E-state index is 0.490. The molecule has 2 heteroatoms. The summed E-state index contributed by atoms with van der Waals surface area (Å²) in [5.41, 5.74) is 10.7. The lowest BCUT2D eigenvalue weighted by Gasteiger charge is -2.34. The van der Waals surface area contributed by atoms with Crippen molar-refractivity contribution in [3.8, 4) is 27.9 Å². The minimum Gasteiger partial charge on any atom is -0.306 e. The van der Waals surface area contributed by atoms with Gasteiger partial charge in [0.2, 0.25) is 0 Å². The predicted octanol–water partition coefficient (Wildman–Crippen LogP) is 10.8. The predicted molar refractivity (Wildman–Crippen MR) is 190 cm³/mol. The van der Waals surface area contributed by atoms with Gasteiger partial charge in [0.25, 0.3) is 0 Å². The minimum atomic E-state index is -0.490. The number of imidazole rings is 1. The van der Waals surface area contributed by atoms with Crippen molar-refractivity contribution < 1.29 is 0 Å². The number of benzene rings is 8. The quantitative estimate of drug-likeness (QED) is 0.188. The molecule has 0 radical (unpaired) electrons. The maximum Gasteiger partial charge on any atom is 0.0991 e. The fourth-order valence-corrected chi connectivity index (χ4v) is 8.15. The molecule has 10 rings (SSSR count). The summed E-state index contributed by atoms with van der Waals surface area (Å²) < 4.78 is 2.10. The first-order valence-electron chi connectivity index (χ1n) is 15.9. The number of hydrogen-bond donors (Lipinski definition) is 0. The van der Waals surface area contributed by atoms with Gasteiger partial charge in [0.1, 0.15) is 0 Å². The molecule has 9 aromatic rings. The molecule has 214 valence electrons. The van der Waals surface area contributed by atoms with Crippen molar-refractivity contribution in [1.82, 2.24) is 9.55 Å². The summed E-state index contributed by atoms with van der Waals surface area (Å²) in [7, 11) is 0. The second-order valence-electron chi connectivity index (χ2n) is 12.5. The number of rotatable bonds is 4. The maximum absolute atomic E-state index is 4.34. The van der Waals surface area contributed by atoms with E-state index in [4.69, 9.17) is 0 Å². The number of aromatic nitrogens is 2. The van der Waals surface area contributed by atoms with Crippen LogP contribution in [-0.2, 0) is 5.41 Å². The zero-order chi connectivity index (χ0) is 30.2. The molecular formula is C44H28N2. The summed E-state index contributed by atoms with van der Waals surface area (Å²) in [6, 6.07) is 56.5. The van der Waals surface area contributed by atoms with Gasteiger partial charge in [0.05, 0.1) is 11.7 Å². The first-order chi connectivity index (χ1) is 22.8. The van der Waals surface area contributed by atoms with Crippen molar-refractivity contribution in [2.45, 2.75) is 5.41 Å². The standard InChI is InChI=1S/C44H28N2/c1-3-10-35(11-4-1)44(36-12-5-2-6-13-36)40-26-31(18-20-38(40)39-21-19-37(27-41(39)44)46-23-22-45-28-46)34-24-32-16-14-29-8-7-9-30-15-17-33(25-34)43(32)42(29)30/h1-28H. The van der Waals surface area contributed by atoms with E-state index in [1.54, 1.807) is 0 Å². The Hall–Kier alpha value is -5.99. The molecule has 0 N–H and O–H groups in total. The van der Waals surface area contributed by atoms with Crippen LogP contribution in [0.5, 0.6) is 0 Å². The third-order valence-corrected chi connectivity index (χ3v) is 10.1. The van der Waals surface area contributed by atoms with E-state index in [2.05, 4.69) is 161 Å². The largest absolute Gasteiger partial charge is 0.306 e. The van der Waals surface area contributed by atoms with E-state index in [0.717, 1.165) is 5.69 Å². The zero-order valence-electron chi connectivity index (χ0n) is 25.1. The Morgan fingerprint density at radius 3 is 1.67 bits per heavy atom. The van der Waals surface area contributed by atoms with Crippen LogP contribution in [0.15, 0.2) is 170 Å².